The summed E-state index contributed by atoms with van der Waals surface area (Å²) in [6.45, 7) is 0.191. The predicted octanol–water partition coefficient (Wildman–Crippen LogP) is 7.31. The summed E-state index contributed by atoms with van der Waals surface area (Å²) < 4.78 is 15.2. The maximum Gasteiger partial charge on any atom is 0.252 e. The Morgan fingerprint density at radius 3 is 1.33 bits per heavy atom. The Hall–Kier alpha value is -4.51. The minimum Gasteiger partial charge on any atom is -0.458 e. The van der Waals surface area contributed by atoms with Crippen LogP contribution in [0.2, 0.25) is 0 Å². The van der Waals surface area contributed by atoms with Crippen molar-refractivity contribution in [3.8, 4) is 45.3 Å². The van der Waals surface area contributed by atoms with E-state index < -0.39 is 0 Å². The normalized spacial score (nSPS) is 14.1. The van der Waals surface area contributed by atoms with Crippen LogP contribution >= 0.6 is 31.9 Å². The quantitative estimate of drug-likeness (QED) is 0.121. The van der Waals surface area contributed by atoms with Crippen LogP contribution in [0.25, 0.3) is 54.6 Å². The van der Waals surface area contributed by atoms with Gasteiger partial charge in [-0.2, -0.15) is 0 Å². The van der Waals surface area contributed by atoms with E-state index in [0.29, 0.717) is 0 Å². The maximum atomic E-state index is 6.57. The van der Waals surface area contributed by atoms with Crippen LogP contribution in [-0.2, 0) is 0 Å². The van der Waals surface area contributed by atoms with E-state index in [9.17, 15) is 0 Å². The standard InChI is InChI=1S/C40H18B2Br2O2/c43-21-15-25-23-11-10-20-14-30-38-24(26-16-22(44)18-34-40(26)42(30)28-6-2-4-8-32(28)46-34)12-9-19-13-29(37(23)35(20)36(19)38)41-27-5-1-3-7-31(27)45-33(17-21)39(25)41/h1-18H. The molecular formula is C40H18B2Br2O2. The zero-order valence-corrected chi connectivity index (χ0v) is 27.3. The van der Waals surface area contributed by atoms with Crippen LogP contribution in [0.4, 0.5) is 0 Å². The number of ether oxygens (including phenoxy) is 2. The van der Waals surface area contributed by atoms with Crippen molar-refractivity contribution in [1.29, 1.82) is 0 Å². The molecule has 0 bridgehead atoms. The predicted molar refractivity (Wildman–Crippen MR) is 199 cm³/mol. The van der Waals surface area contributed by atoms with E-state index in [1.807, 2.05) is 0 Å². The molecule has 210 valence electrons. The summed E-state index contributed by atoms with van der Waals surface area (Å²) in [4.78, 5) is 0. The van der Waals surface area contributed by atoms with Crippen molar-refractivity contribution in [2.75, 3.05) is 0 Å². The van der Waals surface area contributed by atoms with Crippen LogP contribution < -0.4 is 42.3 Å². The molecule has 0 fully saturated rings. The molecule has 0 saturated heterocycles. The van der Waals surface area contributed by atoms with E-state index in [-0.39, 0.29) is 13.4 Å². The fourth-order valence-electron chi connectivity index (χ4n) is 9.21. The van der Waals surface area contributed by atoms with Crippen LogP contribution in [-0.4, -0.2) is 13.4 Å². The Morgan fingerprint density at radius 2 is 0.848 bits per heavy atom. The van der Waals surface area contributed by atoms with Gasteiger partial charge < -0.3 is 9.47 Å². The molecule has 46 heavy (non-hydrogen) atoms. The van der Waals surface area contributed by atoms with Gasteiger partial charge in [0, 0.05) is 8.95 Å². The highest BCUT2D eigenvalue weighted by molar-refractivity contribution is 9.10. The molecule has 2 nitrogen and oxygen atoms in total. The molecular weight excluding hydrogens is 694 g/mol. The second kappa shape index (κ2) is 8.25. The lowest BCUT2D eigenvalue weighted by molar-refractivity contribution is 0.487. The summed E-state index contributed by atoms with van der Waals surface area (Å²) in [6, 6.07) is 40.3. The van der Waals surface area contributed by atoms with Gasteiger partial charge in [-0.25, -0.2) is 0 Å². The smallest absolute Gasteiger partial charge is 0.252 e. The minimum atomic E-state index is 0.0956. The first-order chi connectivity index (χ1) is 22.6. The third-order valence-electron chi connectivity index (χ3n) is 10.8. The van der Waals surface area contributed by atoms with E-state index in [1.165, 1.54) is 87.3 Å². The molecule has 4 aliphatic rings. The van der Waals surface area contributed by atoms with Gasteiger partial charge in [0.25, 0.3) is 13.4 Å². The first kappa shape index (κ1) is 24.7. The van der Waals surface area contributed by atoms with E-state index in [4.69, 9.17) is 9.47 Å². The second-order valence-electron chi connectivity index (χ2n) is 13.0. The molecule has 0 N–H and O–H groups in total. The Labute approximate surface area is 281 Å². The molecule has 6 heteroatoms. The number of benzene rings is 8. The highest BCUT2D eigenvalue weighted by atomic mass is 79.9. The van der Waals surface area contributed by atoms with Gasteiger partial charge in [0.05, 0.1) is 0 Å². The fourth-order valence-corrected chi connectivity index (χ4v) is 10.1. The average molecular weight is 712 g/mol. The van der Waals surface area contributed by atoms with Crippen molar-refractivity contribution in [3.63, 3.8) is 0 Å². The maximum absolute atomic E-state index is 6.57. The number of rotatable bonds is 0. The molecule has 0 unspecified atom stereocenters. The molecule has 0 spiro atoms. The Balaban J connectivity index is 1.28. The summed E-state index contributed by atoms with van der Waals surface area (Å²) in [5, 5.41) is 8.02. The number of para-hydroxylation sites is 2. The van der Waals surface area contributed by atoms with E-state index in [2.05, 4.69) is 141 Å². The van der Waals surface area contributed by atoms with Gasteiger partial charge >= 0.3 is 0 Å². The zero-order chi connectivity index (χ0) is 30.0. The number of hydrogen-bond acceptors (Lipinski definition) is 2. The highest BCUT2D eigenvalue weighted by Gasteiger charge is 2.43. The van der Waals surface area contributed by atoms with Crippen LogP contribution in [0.3, 0.4) is 0 Å². The molecule has 12 rings (SSSR count). The third-order valence-corrected chi connectivity index (χ3v) is 11.7. The van der Waals surface area contributed by atoms with Crippen molar-refractivity contribution in [2.24, 2.45) is 0 Å². The summed E-state index contributed by atoms with van der Waals surface area (Å²) >= 11 is 7.64. The van der Waals surface area contributed by atoms with Gasteiger partial charge in [0.2, 0.25) is 0 Å². The average Bonchev–Trinajstić information content (AvgIpc) is 3.07. The van der Waals surface area contributed by atoms with Gasteiger partial charge in [0.1, 0.15) is 23.0 Å². The van der Waals surface area contributed by atoms with Gasteiger partial charge in [-0.3, -0.25) is 0 Å². The molecule has 8 aromatic rings. The Morgan fingerprint density at radius 1 is 0.391 bits per heavy atom. The van der Waals surface area contributed by atoms with Gasteiger partial charge in [-0.05, 0) is 113 Å². The number of fused-ring (bicyclic) bond motifs is 8. The summed E-state index contributed by atoms with van der Waals surface area (Å²) in [5.41, 5.74) is 12.8. The van der Waals surface area contributed by atoms with Crippen molar-refractivity contribution in [1.82, 2.24) is 0 Å². The molecule has 4 aliphatic heterocycles. The first-order valence-corrected chi connectivity index (χ1v) is 17.2. The molecule has 8 aromatic carbocycles. The second-order valence-corrected chi connectivity index (χ2v) is 14.8. The lowest BCUT2D eigenvalue weighted by Gasteiger charge is -2.36. The van der Waals surface area contributed by atoms with Crippen LogP contribution in [0, 0.1) is 0 Å². The largest absolute Gasteiger partial charge is 0.458 e. The number of hydrogen-bond donors (Lipinski definition) is 0. The van der Waals surface area contributed by atoms with Crippen molar-refractivity contribution >= 4 is 110 Å². The van der Waals surface area contributed by atoms with Crippen LogP contribution in [0.5, 0.6) is 23.0 Å². The first-order valence-electron chi connectivity index (χ1n) is 15.6. The van der Waals surface area contributed by atoms with E-state index in [0.717, 1.165) is 31.9 Å². The molecule has 0 amide bonds. The van der Waals surface area contributed by atoms with Crippen molar-refractivity contribution < 1.29 is 9.47 Å². The zero-order valence-electron chi connectivity index (χ0n) is 24.1. The Kier molecular flexibility index (Phi) is 4.43. The van der Waals surface area contributed by atoms with Crippen molar-refractivity contribution in [2.45, 2.75) is 0 Å². The number of halogens is 2. The molecule has 0 aromatic heterocycles. The van der Waals surface area contributed by atoms with E-state index in [1.54, 1.807) is 0 Å². The summed E-state index contributed by atoms with van der Waals surface area (Å²) in [6.07, 6.45) is 0. The molecule has 4 heterocycles. The van der Waals surface area contributed by atoms with Gasteiger partial charge in [-0.1, -0.05) is 116 Å². The monoisotopic (exact) mass is 710 g/mol. The summed E-state index contributed by atoms with van der Waals surface area (Å²) in [5.74, 6) is 3.75. The Bertz CT molecular complexity index is 2570. The lowest BCUT2D eigenvalue weighted by Crippen LogP contribution is -2.58. The van der Waals surface area contributed by atoms with E-state index >= 15 is 0 Å². The molecule has 0 saturated carbocycles. The highest BCUT2D eigenvalue weighted by Crippen LogP contribution is 2.47. The third kappa shape index (κ3) is 2.84. The van der Waals surface area contributed by atoms with Crippen LogP contribution in [0.15, 0.2) is 118 Å². The SMILES string of the molecule is Brc1cc2c3c(c1)-c1ccc4cc5c6c(ccc7cc(c1c4c76)B3c1ccccc1O2)-c1cc(Br)cc2c1B5c1ccccc1O2. The topological polar surface area (TPSA) is 18.5 Å². The molecule has 0 aliphatic carbocycles. The van der Waals surface area contributed by atoms with Crippen LogP contribution in [0.1, 0.15) is 0 Å². The fraction of sp³-hybridized carbons (Fsp3) is 0. The van der Waals surface area contributed by atoms with Crippen molar-refractivity contribution in [3.05, 3.63) is 118 Å². The summed E-state index contributed by atoms with van der Waals surface area (Å²) in [7, 11) is 0. The minimum absolute atomic E-state index is 0.0956. The molecule has 0 atom stereocenters. The lowest BCUT2D eigenvalue weighted by atomic mass is 9.32. The van der Waals surface area contributed by atoms with Gasteiger partial charge in [-0.15, -0.1) is 0 Å². The van der Waals surface area contributed by atoms with Gasteiger partial charge in [0.15, 0.2) is 0 Å². The molecule has 0 radical (unpaired) electrons.